The zero-order valence-corrected chi connectivity index (χ0v) is 13.5. The monoisotopic (exact) mass is 350 g/mol. The van der Waals surface area contributed by atoms with Crippen LogP contribution in [0.3, 0.4) is 0 Å². The normalized spacial score (nSPS) is 10.2. The van der Waals surface area contributed by atoms with Crippen molar-refractivity contribution in [2.45, 2.75) is 13.5 Å². The van der Waals surface area contributed by atoms with Crippen molar-refractivity contribution in [2.75, 3.05) is 6.61 Å². The maximum atomic E-state index is 12.1. The molecule has 1 aromatic heterocycles. The van der Waals surface area contributed by atoms with Gasteiger partial charge in [-0.15, -0.1) is 0 Å². The second kappa shape index (κ2) is 7.60. The van der Waals surface area contributed by atoms with Gasteiger partial charge in [0.2, 0.25) is 0 Å². The number of benzene rings is 1. The van der Waals surface area contributed by atoms with Gasteiger partial charge in [0.25, 0.3) is 5.91 Å². The molecule has 0 saturated carbocycles. The summed E-state index contributed by atoms with van der Waals surface area (Å²) >= 11 is 6.20. The van der Waals surface area contributed by atoms with Crippen LogP contribution in [0.1, 0.15) is 21.6 Å². The van der Waals surface area contributed by atoms with E-state index in [0.717, 1.165) is 5.56 Å². The van der Waals surface area contributed by atoms with Crippen molar-refractivity contribution >= 4 is 29.5 Å². The molecule has 1 aromatic carbocycles. The summed E-state index contributed by atoms with van der Waals surface area (Å²) in [7, 11) is 0. The molecule has 0 bridgehead atoms. The molecule has 2 rings (SSSR count). The number of hydrogen-bond donors (Lipinski definition) is 2. The minimum atomic E-state index is -1.03. The number of urea groups is 1. The van der Waals surface area contributed by atoms with E-state index in [1.807, 2.05) is 30.3 Å². The SMILES string of the molecule is Cc1nn(Cc2ccccc2)c(Cl)c1C(=O)OCC(=O)NC(N)=O. The number of aryl methyl sites for hydroxylation is 1. The van der Waals surface area contributed by atoms with Crippen LogP contribution < -0.4 is 11.1 Å². The Kier molecular flexibility index (Phi) is 5.54. The van der Waals surface area contributed by atoms with Gasteiger partial charge < -0.3 is 10.5 Å². The van der Waals surface area contributed by atoms with Crippen molar-refractivity contribution < 1.29 is 19.1 Å². The Bertz CT molecular complexity index is 773. The number of ether oxygens (including phenoxy) is 1. The second-order valence-corrected chi connectivity index (χ2v) is 5.24. The highest BCUT2D eigenvalue weighted by Crippen LogP contribution is 2.21. The number of halogens is 1. The Morgan fingerprint density at radius 3 is 2.58 bits per heavy atom. The fourth-order valence-electron chi connectivity index (χ4n) is 2.02. The molecule has 0 aliphatic rings. The Balaban J connectivity index is 2.09. The molecular weight excluding hydrogens is 336 g/mol. The molecule has 0 atom stereocenters. The molecule has 0 aliphatic carbocycles. The molecular formula is C15H15ClN4O4. The van der Waals surface area contributed by atoms with E-state index in [2.05, 4.69) is 5.10 Å². The zero-order chi connectivity index (χ0) is 17.7. The summed E-state index contributed by atoms with van der Waals surface area (Å²) in [4.78, 5) is 33.9. The van der Waals surface area contributed by atoms with Gasteiger partial charge in [-0.25, -0.2) is 14.3 Å². The number of aromatic nitrogens is 2. The zero-order valence-electron chi connectivity index (χ0n) is 12.8. The first kappa shape index (κ1) is 17.5. The molecule has 9 heteroatoms. The molecule has 1 heterocycles. The highest BCUT2D eigenvalue weighted by molar-refractivity contribution is 6.32. The van der Waals surface area contributed by atoms with Crippen molar-refractivity contribution in [3.05, 3.63) is 52.3 Å². The van der Waals surface area contributed by atoms with E-state index < -0.39 is 24.5 Å². The molecule has 2 aromatic rings. The quantitative estimate of drug-likeness (QED) is 0.787. The van der Waals surface area contributed by atoms with Gasteiger partial charge >= 0.3 is 12.0 Å². The number of hydrogen-bond acceptors (Lipinski definition) is 5. The van der Waals surface area contributed by atoms with Gasteiger partial charge in [-0.1, -0.05) is 41.9 Å². The first-order chi connectivity index (χ1) is 11.4. The lowest BCUT2D eigenvalue weighted by molar-refractivity contribution is -0.123. The first-order valence-electron chi connectivity index (χ1n) is 6.91. The predicted octanol–water partition coefficient (Wildman–Crippen LogP) is 1.24. The summed E-state index contributed by atoms with van der Waals surface area (Å²) in [6.45, 7) is 1.34. The number of nitrogens with zero attached hydrogens (tertiary/aromatic N) is 2. The topological polar surface area (TPSA) is 116 Å². The lowest BCUT2D eigenvalue weighted by Crippen LogP contribution is -2.37. The van der Waals surface area contributed by atoms with Crippen LogP contribution in [0.4, 0.5) is 4.79 Å². The van der Waals surface area contributed by atoms with Crippen LogP contribution in [0.2, 0.25) is 5.15 Å². The average Bonchev–Trinajstić information content (AvgIpc) is 2.79. The van der Waals surface area contributed by atoms with Crippen LogP contribution in [-0.4, -0.2) is 34.3 Å². The minimum Gasteiger partial charge on any atom is -0.452 e. The van der Waals surface area contributed by atoms with Gasteiger partial charge in [-0.05, 0) is 12.5 Å². The second-order valence-electron chi connectivity index (χ2n) is 4.88. The lowest BCUT2D eigenvalue weighted by atomic mass is 10.2. The van der Waals surface area contributed by atoms with Crippen molar-refractivity contribution in [2.24, 2.45) is 5.73 Å². The standard InChI is InChI=1S/C15H15ClN4O4/c1-9-12(14(22)24-8-11(21)18-15(17)23)13(16)20(19-9)7-10-5-3-2-4-6-10/h2-6H,7-8H2,1H3,(H3,17,18,21,23). The number of carbonyl (C=O) groups is 3. The molecule has 8 nitrogen and oxygen atoms in total. The summed E-state index contributed by atoms with van der Waals surface area (Å²) in [5, 5.41) is 6.10. The number of esters is 1. The van der Waals surface area contributed by atoms with Crippen LogP contribution in [-0.2, 0) is 16.1 Å². The first-order valence-corrected chi connectivity index (χ1v) is 7.29. The van der Waals surface area contributed by atoms with Crippen molar-refractivity contribution in [1.29, 1.82) is 0 Å². The van der Waals surface area contributed by atoms with Crippen LogP contribution in [0, 0.1) is 6.92 Å². The van der Waals surface area contributed by atoms with Crippen molar-refractivity contribution in [3.63, 3.8) is 0 Å². The fourth-order valence-corrected chi connectivity index (χ4v) is 2.33. The summed E-state index contributed by atoms with van der Waals surface area (Å²) in [5.74, 6) is -1.64. The van der Waals surface area contributed by atoms with Crippen LogP contribution >= 0.6 is 11.6 Å². The van der Waals surface area contributed by atoms with Crippen LogP contribution in [0.25, 0.3) is 0 Å². The van der Waals surface area contributed by atoms with Gasteiger partial charge in [-0.3, -0.25) is 10.1 Å². The van der Waals surface area contributed by atoms with E-state index in [4.69, 9.17) is 22.1 Å². The van der Waals surface area contributed by atoms with Crippen molar-refractivity contribution in [3.8, 4) is 0 Å². The van der Waals surface area contributed by atoms with E-state index in [-0.39, 0.29) is 10.7 Å². The number of nitrogens with one attached hydrogen (secondary N) is 1. The van der Waals surface area contributed by atoms with E-state index in [0.29, 0.717) is 12.2 Å². The molecule has 24 heavy (non-hydrogen) atoms. The van der Waals surface area contributed by atoms with E-state index >= 15 is 0 Å². The highest BCUT2D eigenvalue weighted by Gasteiger charge is 2.22. The molecule has 126 valence electrons. The maximum absolute atomic E-state index is 12.1. The Labute approximate surface area is 142 Å². The van der Waals surface area contributed by atoms with Gasteiger partial charge in [-0.2, -0.15) is 5.10 Å². The Morgan fingerprint density at radius 2 is 1.96 bits per heavy atom. The van der Waals surface area contributed by atoms with Crippen molar-refractivity contribution in [1.82, 2.24) is 15.1 Å². The molecule has 0 aliphatic heterocycles. The third kappa shape index (κ3) is 4.32. The smallest absolute Gasteiger partial charge is 0.343 e. The van der Waals surface area contributed by atoms with Crippen LogP contribution in [0.15, 0.2) is 30.3 Å². The van der Waals surface area contributed by atoms with E-state index in [9.17, 15) is 14.4 Å². The summed E-state index contributed by atoms with van der Waals surface area (Å²) in [5.41, 5.74) is 6.19. The predicted molar refractivity (Wildman–Crippen MR) is 85.5 cm³/mol. The number of imide groups is 1. The Morgan fingerprint density at radius 1 is 1.29 bits per heavy atom. The molecule has 3 N–H and O–H groups in total. The van der Waals surface area contributed by atoms with Gasteiger partial charge in [0, 0.05) is 0 Å². The third-order valence-electron chi connectivity index (χ3n) is 3.04. The van der Waals surface area contributed by atoms with Gasteiger partial charge in [0.15, 0.2) is 6.61 Å². The molecule has 0 fully saturated rings. The summed E-state index contributed by atoms with van der Waals surface area (Å²) < 4.78 is 6.28. The minimum absolute atomic E-state index is 0.0690. The average molecular weight is 351 g/mol. The number of primary amides is 1. The molecule has 0 spiro atoms. The number of nitrogens with two attached hydrogens (primary N) is 1. The number of rotatable bonds is 5. The largest absolute Gasteiger partial charge is 0.452 e. The molecule has 0 radical (unpaired) electrons. The van der Waals surface area contributed by atoms with E-state index in [1.165, 1.54) is 4.68 Å². The highest BCUT2D eigenvalue weighted by atomic mass is 35.5. The Hall–Kier alpha value is -2.87. The summed E-state index contributed by atoms with van der Waals surface area (Å²) in [6.07, 6.45) is 0. The summed E-state index contributed by atoms with van der Waals surface area (Å²) in [6, 6.07) is 8.43. The third-order valence-corrected chi connectivity index (χ3v) is 3.43. The number of amides is 3. The fraction of sp³-hybridized carbons (Fsp3) is 0.200. The number of carbonyl (C=O) groups excluding carboxylic acids is 3. The maximum Gasteiger partial charge on any atom is 0.343 e. The van der Waals surface area contributed by atoms with Gasteiger partial charge in [0.05, 0.1) is 12.2 Å². The molecule has 0 saturated heterocycles. The van der Waals surface area contributed by atoms with Crippen LogP contribution in [0.5, 0.6) is 0 Å². The molecule has 0 unspecified atom stereocenters. The lowest BCUT2D eigenvalue weighted by Gasteiger charge is -2.05. The molecule has 3 amide bonds. The van der Waals surface area contributed by atoms with E-state index in [1.54, 1.807) is 12.2 Å². The van der Waals surface area contributed by atoms with Gasteiger partial charge in [0.1, 0.15) is 10.7 Å².